The standard InChI is InChI=1S/C33H36N2O10S2.Na/c1-32(2)24-20-22(46(40,41)42)12-14-26(24)34(18-16-30(36)37)28(32)10-8-6-5-7-9-11-29-33(3,4)25-21-23(47(43,44)45)13-15-27(25)35(29)19-17-31(38)39;/h5-15,20-21H,16-19H2,1-4H3,(H3-,36,37,38,39,40,41,42,43,44,45);/q;+1. The Morgan fingerprint density at radius 1 is 0.833 bits per heavy atom. The van der Waals surface area contributed by atoms with Crippen LogP contribution in [-0.2, 0) is 40.7 Å². The van der Waals surface area contributed by atoms with Crippen molar-refractivity contribution in [2.45, 2.75) is 61.2 Å². The zero-order chi connectivity index (χ0) is 34.9. The van der Waals surface area contributed by atoms with Gasteiger partial charge in [-0.25, -0.2) is 8.42 Å². The van der Waals surface area contributed by atoms with Crippen molar-refractivity contribution in [3.8, 4) is 0 Å². The van der Waals surface area contributed by atoms with Crippen LogP contribution in [0.5, 0.6) is 0 Å². The minimum Gasteiger partial charge on any atom is -0.744 e. The Hall–Kier alpha value is -3.37. The van der Waals surface area contributed by atoms with Crippen LogP contribution in [0.15, 0.2) is 94.4 Å². The topological polar surface area (TPSA) is 192 Å². The van der Waals surface area contributed by atoms with Crippen molar-refractivity contribution in [2.75, 3.05) is 18.0 Å². The number of rotatable bonds is 12. The molecule has 0 unspecified atom stereocenters. The molecule has 0 saturated carbocycles. The number of carboxylic acid groups (broad SMARTS) is 2. The summed E-state index contributed by atoms with van der Waals surface area (Å²) >= 11 is 0. The average Bonchev–Trinajstić information content (AvgIpc) is 3.31. The summed E-state index contributed by atoms with van der Waals surface area (Å²) in [7, 11) is -9.13. The molecule has 0 aliphatic carbocycles. The molecule has 0 atom stereocenters. The largest absolute Gasteiger partial charge is 1.00 e. The Kier molecular flexibility index (Phi) is 11.9. The quantitative estimate of drug-likeness (QED) is 0.125. The van der Waals surface area contributed by atoms with Crippen molar-refractivity contribution in [3.63, 3.8) is 0 Å². The normalized spacial score (nSPS) is 17.8. The van der Waals surface area contributed by atoms with Gasteiger partial charge in [0.2, 0.25) is 5.69 Å². The van der Waals surface area contributed by atoms with Gasteiger partial charge in [0.1, 0.15) is 16.5 Å². The van der Waals surface area contributed by atoms with E-state index in [0.717, 1.165) is 5.70 Å². The van der Waals surface area contributed by atoms with Crippen molar-refractivity contribution in [1.82, 2.24) is 0 Å². The fourth-order valence-corrected chi connectivity index (χ4v) is 7.01. The summed E-state index contributed by atoms with van der Waals surface area (Å²) in [6, 6.07) is 8.30. The summed E-state index contributed by atoms with van der Waals surface area (Å²) in [6.45, 7) is 7.76. The van der Waals surface area contributed by atoms with Gasteiger partial charge in [0, 0.05) is 41.1 Å². The van der Waals surface area contributed by atoms with Gasteiger partial charge in [-0.2, -0.15) is 13.0 Å². The van der Waals surface area contributed by atoms with Crippen LogP contribution in [0.3, 0.4) is 0 Å². The number of carbonyl (C=O) groups is 2. The Morgan fingerprint density at radius 3 is 2.02 bits per heavy atom. The maximum Gasteiger partial charge on any atom is 1.00 e. The molecule has 2 aliphatic rings. The van der Waals surface area contributed by atoms with Crippen LogP contribution in [0.2, 0.25) is 0 Å². The molecule has 2 heterocycles. The van der Waals surface area contributed by atoms with Crippen LogP contribution in [0.4, 0.5) is 11.4 Å². The Bertz CT molecular complexity index is 2010. The zero-order valence-corrected chi connectivity index (χ0v) is 30.9. The molecule has 4 rings (SSSR count). The van der Waals surface area contributed by atoms with Crippen molar-refractivity contribution in [3.05, 3.63) is 95.8 Å². The van der Waals surface area contributed by atoms with Crippen molar-refractivity contribution >= 4 is 49.3 Å². The van der Waals surface area contributed by atoms with E-state index in [9.17, 15) is 45.7 Å². The number of hydrogen-bond donors (Lipinski definition) is 3. The van der Waals surface area contributed by atoms with Crippen LogP contribution < -0.4 is 34.5 Å². The van der Waals surface area contributed by atoms with Gasteiger partial charge in [0.05, 0.1) is 21.6 Å². The van der Waals surface area contributed by atoms with Crippen LogP contribution in [0.1, 0.15) is 51.7 Å². The number of nitrogens with zero attached hydrogens (tertiary/aromatic N) is 2. The molecule has 0 amide bonds. The fraction of sp³-hybridized carbons (Fsp3) is 0.303. The van der Waals surface area contributed by atoms with Crippen LogP contribution >= 0.6 is 0 Å². The van der Waals surface area contributed by atoms with Crippen LogP contribution in [0, 0.1) is 0 Å². The second-order valence-corrected chi connectivity index (χ2v) is 15.0. The molecule has 250 valence electrons. The van der Waals surface area contributed by atoms with Gasteiger partial charge in [0.25, 0.3) is 10.1 Å². The molecule has 48 heavy (non-hydrogen) atoms. The molecule has 2 aromatic rings. The first kappa shape index (κ1) is 39.1. The monoisotopic (exact) mass is 707 g/mol. The first-order chi connectivity index (χ1) is 21.8. The Labute approximate surface area is 302 Å². The molecule has 0 saturated heterocycles. The summed E-state index contributed by atoms with van der Waals surface area (Å²) in [4.78, 5) is 23.9. The van der Waals surface area contributed by atoms with Gasteiger partial charge in [-0.3, -0.25) is 14.1 Å². The van der Waals surface area contributed by atoms with Crippen molar-refractivity contribution < 1.29 is 79.9 Å². The van der Waals surface area contributed by atoms with Crippen LogP contribution in [0.25, 0.3) is 0 Å². The summed E-state index contributed by atoms with van der Waals surface area (Å²) in [5, 5.41) is 18.6. The summed E-state index contributed by atoms with van der Waals surface area (Å²) in [5.74, 6) is -1.98. The van der Waals surface area contributed by atoms with Gasteiger partial charge >= 0.3 is 41.5 Å². The van der Waals surface area contributed by atoms with E-state index in [0.29, 0.717) is 28.2 Å². The molecule has 2 aliphatic heterocycles. The molecule has 3 N–H and O–H groups in total. The maximum absolute atomic E-state index is 11.8. The Morgan fingerprint density at radius 2 is 1.42 bits per heavy atom. The third-order valence-corrected chi connectivity index (χ3v) is 10.0. The molecule has 0 spiro atoms. The number of aliphatic carboxylic acids is 2. The SMILES string of the molecule is CC1(C)C(=CC=CC=CC=CC2=[N+](CCC(=O)O)c3ccc(S(=O)(=O)[O-])cc3C2(C)C)N(CCC(=O)O)c2ccc(S(=O)(=O)O)cc21.[Na+]. The van der Waals surface area contributed by atoms with Gasteiger partial charge in [-0.1, -0.05) is 44.2 Å². The molecule has 2 aromatic carbocycles. The minimum absolute atomic E-state index is 0. The predicted molar refractivity (Wildman–Crippen MR) is 174 cm³/mol. The van der Waals surface area contributed by atoms with E-state index < -0.39 is 43.0 Å². The number of hydrogen-bond acceptors (Lipinski definition) is 8. The van der Waals surface area contributed by atoms with E-state index in [1.807, 2.05) is 38.7 Å². The summed E-state index contributed by atoms with van der Waals surface area (Å²) in [5.41, 5.74) is 2.47. The molecule has 12 nitrogen and oxygen atoms in total. The van der Waals surface area contributed by atoms with Gasteiger partial charge in [0.15, 0.2) is 12.3 Å². The molecule has 15 heteroatoms. The van der Waals surface area contributed by atoms with Gasteiger partial charge in [-0.15, -0.1) is 0 Å². The molecule has 0 aromatic heterocycles. The van der Waals surface area contributed by atoms with E-state index in [1.54, 1.807) is 47.1 Å². The number of fused-ring (bicyclic) bond motifs is 2. The average molecular weight is 708 g/mol. The molecule has 0 bridgehead atoms. The third kappa shape index (κ3) is 8.25. The first-order valence-corrected chi connectivity index (χ1v) is 17.4. The molecule has 0 radical (unpaired) electrons. The molecule has 0 fully saturated rings. The minimum atomic E-state index is -4.69. The smallest absolute Gasteiger partial charge is 0.744 e. The number of carboxylic acids is 2. The second kappa shape index (κ2) is 14.6. The number of benzene rings is 2. The predicted octanol–water partition coefficient (Wildman–Crippen LogP) is 1.52. The summed E-state index contributed by atoms with van der Waals surface area (Å²) < 4.78 is 70.0. The van der Waals surface area contributed by atoms with Crippen molar-refractivity contribution in [2.24, 2.45) is 0 Å². The van der Waals surface area contributed by atoms with E-state index in [1.165, 1.54) is 30.3 Å². The molecular weight excluding hydrogens is 671 g/mol. The van der Waals surface area contributed by atoms with Crippen LogP contribution in [-0.4, -0.2) is 71.5 Å². The fourth-order valence-electron chi connectivity index (χ4n) is 6.01. The van der Waals surface area contributed by atoms with Crippen molar-refractivity contribution in [1.29, 1.82) is 0 Å². The van der Waals surface area contributed by atoms with E-state index in [2.05, 4.69) is 0 Å². The second-order valence-electron chi connectivity index (χ2n) is 12.2. The molecular formula is C33H36N2NaO10S2+. The van der Waals surface area contributed by atoms with Gasteiger partial charge in [-0.05, 0) is 55.8 Å². The van der Waals surface area contributed by atoms with E-state index in [4.69, 9.17) is 0 Å². The number of allylic oxidation sites excluding steroid dienone is 8. The van der Waals surface area contributed by atoms with E-state index >= 15 is 0 Å². The number of anilines is 1. The summed E-state index contributed by atoms with van der Waals surface area (Å²) in [6.07, 6.45) is 12.1. The van der Waals surface area contributed by atoms with E-state index in [-0.39, 0.29) is 65.3 Å². The zero-order valence-electron chi connectivity index (χ0n) is 27.2. The maximum atomic E-state index is 11.8. The Balaban J connectivity index is 0.00000625. The first-order valence-electron chi connectivity index (χ1n) is 14.6. The third-order valence-electron chi connectivity index (χ3n) is 8.36. The van der Waals surface area contributed by atoms with Gasteiger partial charge < -0.3 is 19.7 Å².